The van der Waals surface area contributed by atoms with Crippen LogP contribution in [0.5, 0.6) is 0 Å². The molecular weight excluding hydrogens is 190 g/mol. The molecule has 0 atom stereocenters. The van der Waals surface area contributed by atoms with Crippen molar-refractivity contribution in [1.82, 2.24) is 0 Å². The molecule has 1 fully saturated rings. The van der Waals surface area contributed by atoms with E-state index in [2.05, 4.69) is 0 Å². The van der Waals surface area contributed by atoms with Crippen molar-refractivity contribution in [3.8, 4) is 0 Å². The molecule has 0 aromatic carbocycles. The van der Waals surface area contributed by atoms with Crippen LogP contribution in [0.25, 0.3) is 0 Å². The quantitative estimate of drug-likeness (QED) is 0.703. The zero-order valence-corrected chi connectivity index (χ0v) is 8.77. The highest BCUT2D eigenvalue weighted by molar-refractivity contribution is 7.90. The molecule has 78 valence electrons. The lowest BCUT2D eigenvalue weighted by molar-refractivity contribution is 0.0522. The highest BCUT2D eigenvalue weighted by Gasteiger charge is 2.28. The van der Waals surface area contributed by atoms with Crippen LogP contribution in [0.1, 0.15) is 19.3 Å². The summed E-state index contributed by atoms with van der Waals surface area (Å²) >= 11 is 0. The largest absolute Gasteiger partial charge is 0.381 e. The first-order chi connectivity index (χ1) is 5.91. The van der Waals surface area contributed by atoms with Crippen molar-refractivity contribution in [2.75, 3.05) is 25.2 Å². The van der Waals surface area contributed by atoms with Gasteiger partial charge in [-0.15, -0.1) is 0 Å². The summed E-state index contributed by atoms with van der Waals surface area (Å²) in [7, 11) is -2.88. The first-order valence-corrected chi connectivity index (χ1v) is 6.52. The molecule has 0 bridgehead atoms. The van der Waals surface area contributed by atoms with Crippen LogP contribution in [0.3, 0.4) is 0 Å². The summed E-state index contributed by atoms with van der Waals surface area (Å²) in [4.78, 5) is 0. The Kier molecular flexibility index (Phi) is 3.32. The standard InChI is InChI=1S/C8H17NO3S/c1-13(10,11)7-4-8(9)2-5-12-6-3-8/h2-7,9H2,1H3. The Morgan fingerprint density at radius 3 is 2.38 bits per heavy atom. The van der Waals surface area contributed by atoms with Crippen LogP contribution in [0.4, 0.5) is 0 Å². The molecule has 0 radical (unpaired) electrons. The molecule has 1 rings (SSSR count). The summed E-state index contributed by atoms with van der Waals surface area (Å²) in [5, 5.41) is 0. The van der Waals surface area contributed by atoms with E-state index in [9.17, 15) is 8.42 Å². The molecule has 0 aromatic rings. The highest BCUT2D eigenvalue weighted by Crippen LogP contribution is 2.21. The van der Waals surface area contributed by atoms with Crippen molar-refractivity contribution in [2.24, 2.45) is 5.73 Å². The van der Waals surface area contributed by atoms with Crippen LogP contribution in [0, 0.1) is 0 Å². The van der Waals surface area contributed by atoms with E-state index in [1.807, 2.05) is 0 Å². The van der Waals surface area contributed by atoms with E-state index in [0.717, 1.165) is 12.8 Å². The molecule has 0 spiro atoms. The predicted octanol–water partition coefficient (Wildman–Crippen LogP) is -0.0710. The van der Waals surface area contributed by atoms with Gasteiger partial charge in [-0.25, -0.2) is 8.42 Å². The molecular formula is C8H17NO3S. The molecule has 13 heavy (non-hydrogen) atoms. The Hall–Kier alpha value is -0.130. The van der Waals surface area contributed by atoms with Gasteiger partial charge in [0.05, 0.1) is 5.75 Å². The third kappa shape index (κ3) is 4.06. The molecule has 0 unspecified atom stereocenters. The smallest absolute Gasteiger partial charge is 0.147 e. The lowest BCUT2D eigenvalue weighted by atomic mass is 9.89. The molecule has 0 amide bonds. The average molecular weight is 207 g/mol. The number of ether oxygens (including phenoxy) is 1. The Bertz CT molecular complexity index is 255. The van der Waals surface area contributed by atoms with E-state index >= 15 is 0 Å². The van der Waals surface area contributed by atoms with Crippen LogP contribution >= 0.6 is 0 Å². The summed E-state index contributed by atoms with van der Waals surface area (Å²) in [6.07, 6.45) is 3.33. The summed E-state index contributed by atoms with van der Waals surface area (Å²) < 4.78 is 27.0. The van der Waals surface area contributed by atoms with Gasteiger partial charge in [0.15, 0.2) is 0 Å². The van der Waals surface area contributed by atoms with E-state index in [0.29, 0.717) is 19.6 Å². The van der Waals surface area contributed by atoms with Gasteiger partial charge in [0.1, 0.15) is 9.84 Å². The topological polar surface area (TPSA) is 69.4 Å². The zero-order valence-electron chi connectivity index (χ0n) is 7.95. The third-order valence-electron chi connectivity index (χ3n) is 2.46. The van der Waals surface area contributed by atoms with Gasteiger partial charge in [-0.3, -0.25) is 0 Å². The second-order valence-electron chi connectivity index (χ2n) is 3.85. The van der Waals surface area contributed by atoms with E-state index in [1.165, 1.54) is 6.26 Å². The minimum absolute atomic E-state index is 0.184. The maximum absolute atomic E-state index is 10.9. The number of hydrogen-bond donors (Lipinski definition) is 1. The minimum atomic E-state index is -2.88. The van der Waals surface area contributed by atoms with Crippen LogP contribution in [-0.4, -0.2) is 39.2 Å². The summed E-state index contributed by atoms with van der Waals surface area (Å²) in [5.41, 5.74) is 5.70. The molecule has 4 nitrogen and oxygen atoms in total. The van der Waals surface area contributed by atoms with Gasteiger partial charge in [0.2, 0.25) is 0 Å². The normalized spacial score (nSPS) is 22.9. The maximum Gasteiger partial charge on any atom is 0.147 e. The van der Waals surface area contributed by atoms with Crippen LogP contribution in [-0.2, 0) is 14.6 Å². The monoisotopic (exact) mass is 207 g/mol. The number of sulfone groups is 1. The van der Waals surface area contributed by atoms with Gasteiger partial charge < -0.3 is 10.5 Å². The fourth-order valence-corrected chi connectivity index (χ4v) is 2.19. The second-order valence-corrected chi connectivity index (χ2v) is 6.11. The predicted molar refractivity (Wildman–Crippen MR) is 51.3 cm³/mol. The van der Waals surface area contributed by atoms with Gasteiger partial charge in [-0.2, -0.15) is 0 Å². The van der Waals surface area contributed by atoms with Crippen molar-refractivity contribution in [1.29, 1.82) is 0 Å². The van der Waals surface area contributed by atoms with Gasteiger partial charge in [0, 0.05) is 25.0 Å². The summed E-state index contributed by atoms with van der Waals surface area (Å²) in [5.74, 6) is 0.184. The van der Waals surface area contributed by atoms with Crippen molar-refractivity contribution in [3.63, 3.8) is 0 Å². The molecule has 1 saturated heterocycles. The fourth-order valence-electron chi connectivity index (χ4n) is 1.42. The Labute approximate surface area is 79.4 Å². The van der Waals surface area contributed by atoms with Crippen LogP contribution in [0.15, 0.2) is 0 Å². The minimum Gasteiger partial charge on any atom is -0.381 e. The molecule has 1 heterocycles. The van der Waals surface area contributed by atoms with Crippen molar-refractivity contribution in [2.45, 2.75) is 24.8 Å². The summed E-state index contributed by atoms with van der Waals surface area (Å²) in [6, 6.07) is 0. The Balaban J connectivity index is 2.42. The molecule has 0 aromatic heterocycles. The Morgan fingerprint density at radius 1 is 1.38 bits per heavy atom. The second kappa shape index (κ2) is 3.94. The molecule has 2 N–H and O–H groups in total. The van der Waals surface area contributed by atoms with Crippen LogP contribution in [0.2, 0.25) is 0 Å². The zero-order chi connectivity index (χ0) is 9.95. The van der Waals surface area contributed by atoms with Crippen molar-refractivity contribution in [3.05, 3.63) is 0 Å². The first kappa shape index (κ1) is 10.9. The molecule has 1 aliphatic rings. The van der Waals surface area contributed by atoms with E-state index < -0.39 is 9.84 Å². The van der Waals surface area contributed by atoms with Gasteiger partial charge >= 0.3 is 0 Å². The fraction of sp³-hybridized carbons (Fsp3) is 1.00. The SMILES string of the molecule is CS(=O)(=O)CCC1(N)CCOCC1. The first-order valence-electron chi connectivity index (χ1n) is 4.46. The maximum atomic E-state index is 10.9. The molecule has 0 aliphatic carbocycles. The number of rotatable bonds is 3. The average Bonchev–Trinajstić information content (AvgIpc) is 2.02. The third-order valence-corrected chi connectivity index (χ3v) is 3.41. The van der Waals surface area contributed by atoms with E-state index in [4.69, 9.17) is 10.5 Å². The lowest BCUT2D eigenvalue weighted by Gasteiger charge is -2.33. The van der Waals surface area contributed by atoms with Gasteiger partial charge in [-0.05, 0) is 19.3 Å². The lowest BCUT2D eigenvalue weighted by Crippen LogP contribution is -2.46. The summed E-state index contributed by atoms with van der Waals surface area (Å²) in [6.45, 7) is 1.31. The van der Waals surface area contributed by atoms with Crippen LogP contribution < -0.4 is 5.73 Å². The number of nitrogens with two attached hydrogens (primary N) is 1. The molecule has 5 heteroatoms. The molecule has 0 saturated carbocycles. The highest BCUT2D eigenvalue weighted by atomic mass is 32.2. The van der Waals surface area contributed by atoms with E-state index in [-0.39, 0.29) is 11.3 Å². The van der Waals surface area contributed by atoms with Crippen molar-refractivity contribution < 1.29 is 13.2 Å². The van der Waals surface area contributed by atoms with Crippen molar-refractivity contribution >= 4 is 9.84 Å². The van der Waals surface area contributed by atoms with Gasteiger partial charge in [0.25, 0.3) is 0 Å². The van der Waals surface area contributed by atoms with E-state index in [1.54, 1.807) is 0 Å². The van der Waals surface area contributed by atoms with Gasteiger partial charge in [-0.1, -0.05) is 0 Å². The molecule has 1 aliphatic heterocycles. The number of hydrogen-bond acceptors (Lipinski definition) is 4. The Morgan fingerprint density at radius 2 is 1.92 bits per heavy atom.